The van der Waals surface area contributed by atoms with Gasteiger partial charge in [-0.15, -0.1) is 0 Å². The first-order valence-corrected chi connectivity index (χ1v) is 8.86. The Morgan fingerprint density at radius 3 is 2.29 bits per heavy atom. The normalized spacial score (nSPS) is 15.8. The van der Waals surface area contributed by atoms with E-state index >= 15 is 0 Å². The number of nitrogens with one attached hydrogen (secondary N) is 1. The Morgan fingerprint density at radius 1 is 1.14 bits per heavy atom. The van der Waals surface area contributed by atoms with Crippen LogP contribution in [0.2, 0.25) is 0 Å². The van der Waals surface area contributed by atoms with Crippen LogP contribution in [-0.2, 0) is 14.1 Å². The highest BCUT2D eigenvalue weighted by atomic mass is 32.1. The zero-order chi connectivity index (χ0) is 20.6. The molecule has 0 saturated carbocycles. The Labute approximate surface area is 166 Å². The molecule has 1 unspecified atom stereocenters. The summed E-state index contributed by atoms with van der Waals surface area (Å²) in [5, 5.41) is 14.7. The van der Waals surface area contributed by atoms with Crippen LogP contribution in [0.5, 0.6) is 23.1 Å². The van der Waals surface area contributed by atoms with E-state index in [9.17, 15) is 9.90 Å². The van der Waals surface area contributed by atoms with Crippen LogP contribution < -0.4 is 25.2 Å². The van der Waals surface area contributed by atoms with E-state index in [1.165, 1.54) is 16.2 Å². The first kappa shape index (κ1) is 19.7. The van der Waals surface area contributed by atoms with Gasteiger partial charge in [0.25, 0.3) is 5.56 Å². The number of nitrogens with zero attached hydrogens (tertiary/aromatic N) is 3. The third-order valence-electron chi connectivity index (χ3n) is 4.76. The lowest BCUT2D eigenvalue weighted by atomic mass is 9.99. The molecule has 1 atom stereocenters. The second kappa shape index (κ2) is 7.55. The Kier molecular flexibility index (Phi) is 5.32. The van der Waals surface area contributed by atoms with E-state index < -0.39 is 5.56 Å². The first-order chi connectivity index (χ1) is 13.3. The predicted molar refractivity (Wildman–Crippen MR) is 106 cm³/mol. The van der Waals surface area contributed by atoms with Gasteiger partial charge in [-0.05, 0) is 29.9 Å². The zero-order valence-electron chi connectivity index (χ0n) is 16.3. The fourth-order valence-electron chi connectivity index (χ4n) is 3.18. The quantitative estimate of drug-likeness (QED) is 0.728. The highest BCUT2D eigenvalue weighted by Crippen LogP contribution is 2.41. The topological polar surface area (TPSA) is 99.2 Å². The molecule has 0 bridgehead atoms. The van der Waals surface area contributed by atoms with Crippen molar-refractivity contribution in [2.75, 3.05) is 21.3 Å². The standard InChI is InChI=1S/C18H22N4O5S/c1-21-16(23)14(17(24)22(2)18(21)28)11-8-10(19-20-11)9-6-12(25-3)15(27-5)13(7-9)26-4/h6-7,10,19,23H,8H2,1-5H3. The number of aromatic hydroxyl groups is 1. The monoisotopic (exact) mass is 406 g/mol. The third kappa shape index (κ3) is 3.09. The number of hydrazone groups is 1. The number of aromatic nitrogens is 2. The average molecular weight is 406 g/mol. The highest BCUT2D eigenvalue weighted by Gasteiger charge is 2.28. The Morgan fingerprint density at radius 2 is 1.75 bits per heavy atom. The predicted octanol–water partition coefficient (Wildman–Crippen LogP) is 1.62. The van der Waals surface area contributed by atoms with Crippen LogP contribution in [0.3, 0.4) is 0 Å². The molecular formula is C18H22N4O5S. The number of ether oxygens (including phenoxy) is 3. The van der Waals surface area contributed by atoms with Crippen molar-refractivity contribution < 1.29 is 19.3 Å². The van der Waals surface area contributed by atoms with Crippen molar-refractivity contribution >= 4 is 17.9 Å². The molecular weight excluding hydrogens is 384 g/mol. The van der Waals surface area contributed by atoms with Gasteiger partial charge < -0.3 is 24.7 Å². The van der Waals surface area contributed by atoms with Crippen molar-refractivity contribution in [3.63, 3.8) is 0 Å². The minimum absolute atomic E-state index is 0.126. The van der Waals surface area contributed by atoms with Crippen molar-refractivity contribution in [1.29, 1.82) is 0 Å². The van der Waals surface area contributed by atoms with E-state index in [2.05, 4.69) is 10.5 Å². The van der Waals surface area contributed by atoms with E-state index in [-0.39, 0.29) is 22.3 Å². The lowest BCUT2D eigenvalue weighted by Gasteiger charge is -2.17. The number of hydrogen-bond acceptors (Lipinski definition) is 8. The average Bonchev–Trinajstić information content (AvgIpc) is 3.19. The van der Waals surface area contributed by atoms with E-state index in [0.29, 0.717) is 29.4 Å². The van der Waals surface area contributed by atoms with Crippen molar-refractivity contribution in [2.45, 2.75) is 12.5 Å². The van der Waals surface area contributed by atoms with E-state index in [1.807, 2.05) is 12.1 Å². The first-order valence-electron chi connectivity index (χ1n) is 8.45. The van der Waals surface area contributed by atoms with Crippen LogP contribution in [-0.4, -0.2) is 41.3 Å². The molecule has 0 radical (unpaired) electrons. The van der Waals surface area contributed by atoms with E-state index in [1.54, 1.807) is 28.3 Å². The van der Waals surface area contributed by atoms with Crippen molar-refractivity contribution in [2.24, 2.45) is 19.2 Å². The van der Waals surface area contributed by atoms with Gasteiger partial charge in [-0.2, -0.15) is 5.10 Å². The molecule has 0 spiro atoms. The smallest absolute Gasteiger partial charge is 0.267 e. The molecule has 2 aromatic rings. The van der Waals surface area contributed by atoms with Gasteiger partial charge in [-0.25, -0.2) is 0 Å². The molecule has 150 valence electrons. The summed E-state index contributed by atoms with van der Waals surface area (Å²) in [7, 11) is 7.79. The van der Waals surface area contributed by atoms with Crippen molar-refractivity contribution in [3.8, 4) is 23.1 Å². The van der Waals surface area contributed by atoms with Crippen LogP contribution in [0.1, 0.15) is 23.6 Å². The van der Waals surface area contributed by atoms with Crippen LogP contribution in [0.25, 0.3) is 0 Å². The molecule has 0 aliphatic carbocycles. The van der Waals surface area contributed by atoms with Gasteiger partial charge in [0.2, 0.25) is 11.6 Å². The fraction of sp³-hybridized carbons (Fsp3) is 0.389. The molecule has 2 heterocycles. The maximum atomic E-state index is 12.6. The molecule has 0 fully saturated rings. The molecule has 1 aromatic heterocycles. The zero-order valence-corrected chi connectivity index (χ0v) is 17.1. The van der Waals surface area contributed by atoms with Gasteiger partial charge in [-0.3, -0.25) is 13.9 Å². The summed E-state index contributed by atoms with van der Waals surface area (Å²) in [5.41, 5.74) is 4.03. The van der Waals surface area contributed by atoms with Crippen molar-refractivity contribution in [1.82, 2.24) is 14.6 Å². The molecule has 1 aliphatic rings. The van der Waals surface area contributed by atoms with Gasteiger partial charge in [0.05, 0.1) is 33.1 Å². The summed E-state index contributed by atoms with van der Waals surface area (Å²) in [6.45, 7) is 0. The Bertz CT molecular complexity index is 1050. The summed E-state index contributed by atoms with van der Waals surface area (Å²) in [6, 6.07) is 3.41. The summed E-state index contributed by atoms with van der Waals surface area (Å²) in [6.07, 6.45) is 0.387. The van der Waals surface area contributed by atoms with Gasteiger partial charge in [-0.1, -0.05) is 0 Å². The molecule has 28 heavy (non-hydrogen) atoms. The summed E-state index contributed by atoms with van der Waals surface area (Å²) in [4.78, 5) is 12.6. The summed E-state index contributed by atoms with van der Waals surface area (Å²) < 4.78 is 19.0. The maximum Gasteiger partial charge on any atom is 0.267 e. The molecule has 9 nitrogen and oxygen atoms in total. The lowest BCUT2D eigenvalue weighted by molar-refractivity contribution is 0.323. The fourth-order valence-corrected chi connectivity index (χ4v) is 3.35. The Hall–Kier alpha value is -3.01. The minimum Gasteiger partial charge on any atom is -0.494 e. The van der Waals surface area contributed by atoms with Gasteiger partial charge in [0, 0.05) is 20.5 Å². The van der Waals surface area contributed by atoms with Crippen LogP contribution in [0.4, 0.5) is 0 Å². The molecule has 0 saturated heterocycles. The van der Waals surface area contributed by atoms with Crippen LogP contribution >= 0.6 is 12.2 Å². The number of methoxy groups -OCH3 is 3. The second-order valence-electron chi connectivity index (χ2n) is 6.31. The summed E-state index contributed by atoms with van der Waals surface area (Å²) in [5.74, 6) is 1.33. The number of hydrogen-bond donors (Lipinski definition) is 2. The van der Waals surface area contributed by atoms with Crippen LogP contribution in [0.15, 0.2) is 22.0 Å². The van der Waals surface area contributed by atoms with Gasteiger partial charge in [0.15, 0.2) is 16.3 Å². The van der Waals surface area contributed by atoms with Gasteiger partial charge >= 0.3 is 0 Å². The number of rotatable bonds is 5. The molecule has 10 heteroatoms. The third-order valence-corrected chi connectivity index (χ3v) is 5.31. The molecule has 1 aliphatic heterocycles. The maximum absolute atomic E-state index is 12.6. The van der Waals surface area contributed by atoms with Crippen molar-refractivity contribution in [3.05, 3.63) is 38.4 Å². The number of benzene rings is 1. The van der Waals surface area contributed by atoms with E-state index in [4.69, 9.17) is 26.4 Å². The van der Waals surface area contributed by atoms with Gasteiger partial charge in [0.1, 0.15) is 5.56 Å². The molecule has 2 N–H and O–H groups in total. The van der Waals surface area contributed by atoms with E-state index in [0.717, 1.165) is 5.56 Å². The molecule has 1 aromatic carbocycles. The van der Waals surface area contributed by atoms with Crippen LogP contribution in [0, 0.1) is 4.77 Å². The second-order valence-corrected chi connectivity index (χ2v) is 6.67. The highest BCUT2D eigenvalue weighted by molar-refractivity contribution is 7.71. The lowest BCUT2D eigenvalue weighted by Crippen LogP contribution is -2.28. The summed E-state index contributed by atoms with van der Waals surface area (Å²) >= 11 is 5.15. The molecule has 3 rings (SSSR count). The Balaban J connectivity index is 2.00. The SMILES string of the molecule is COc1cc(C2CC(c3c(O)n(C)c(=S)n(C)c3=O)=NN2)cc(OC)c1OC. The minimum atomic E-state index is -0.397. The molecule has 0 amide bonds. The largest absolute Gasteiger partial charge is 0.494 e.